The van der Waals surface area contributed by atoms with Gasteiger partial charge in [-0.2, -0.15) is 5.10 Å². The lowest BCUT2D eigenvalue weighted by Crippen LogP contribution is -2.18. The summed E-state index contributed by atoms with van der Waals surface area (Å²) in [7, 11) is 1.98. The van der Waals surface area contributed by atoms with E-state index in [0.717, 1.165) is 18.0 Å². The van der Waals surface area contributed by atoms with Crippen LogP contribution in [0, 0.1) is 6.92 Å². The standard InChI is InChI=1S/C15H20ClN3/c1-4-19-10-12(9-18-19)7-15(17-3)13-5-11(2)6-14(16)8-13/h5-6,8-10,15,17H,4,7H2,1-3H3. The molecule has 0 bridgehead atoms. The van der Waals surface area contributed by atoms with Crippen LogP contribution in [0.15, 0.2) is 30.6 Å². The number of hydrogen-bond donors (Lipinski definition) is 1. The molecule has 0 fully saturated rings. The molecule has 0 spiro atoms. The van der Waals surface area contributed by atoms with Crippen LogP contribution in [-0.4, -0.2) is 16.8 Å². The highest BCUT2D eigenvalue weighted by Crippen LogP contribution is 2.23. The molecule has 1 aromatic carbocycles. The van der Waals surface area contributed by atoms with Gasteiger partial charge >= 0.3 is 0 Å². The molecular weight excluding hydrogens is 258 g/mol. The Balaban J connectivity index is 2.19. The molecule has 2 rings (SSSR count). The fourth-order valence-electron chi connectivity index (χ4n) is 2.27. The minimum Gasteiger partial charge on any atom is -0.313 e. The number of likely N-dealkylation sites (N-methyl/N-ethyl adjacent to an activating group) is 1. The first-order chi connectivity index (χ1) is 9.12. The molecule has 0 saturated heterocycles. The van der Waals surface area contributed by atoms with E-state index in [2.05, 4.69) is 36.5 Å². The summed E-state index contributed by atoms with van der Waals surface area (Å²) in [4.78, 5) is 0. The predicted molar refractivity (Wildman–Crippen MR) is 79.6 cm³/mol. The second-order valence-electron chi connectivity index (χ2n) is 4.81. The van der Waals surface area contributed by atoms with Crippen LogP contribution in [0.4, 0.5) is 0 Å². The molecule has 1 atom stereocenters. The lowest BCUT2D eigenvalue weighted by Gasteiger charge is -2.17. The molecule has 0 aliphatic rings. The average Bonchev–Trinajstić information content (AvgIpc) is 2.82. The molecule has 102 valence electrons. The van der Waals surface area contributed by atoms with Crippen LogP contribution in [0.5, 0.6) is 0 Å². The smallest absolute Gasteiger partial charge is 0.0522 e. The Bertz CT molecular complexity index is 528. The van der Waals surface area contributed by atoms with Gasteiger partial charge < -0.3 is 5.32 Å². The van der Waals surface area contributed by atoms with Crippen molar-refractivity contribution in [2.45, 2.75) is 32.9 Å². The van der Waals surface area contributed by atoms with Gasteiger partial charge in [0.05, 0.1) is 6.20 Å². The maximum absolute atomic E-state index is 6.14. The van der Waals surface area contributed by atoms with E-state index < -0.39 is 0 Å². The van der Waals surface area contributed by atoms with Crippen molar-refractivity contribution >= 4 is 11.6 Å². The molecule has 0 radical (unpaired) electrons. The van der Waals surface area contributed by atoms with Crippen molar-refractivity contribution in [2.75, 3.05) is 7.05 Å². The molecule has 0 saturated carbocycles. The van der Waals surface area contributed by atoms with Gasteiger partial charge in [0, 0.05) is 23.8 Å². The second-order valence-corrected chi connectivity index (χ2v) is 5.25. The number of nitrogens with one attached hydrogen (secondary N) is 1. The molecule has 0 aliphatic carbocycles. The van der Waals surface area contributed by atoms with Gasteiger partial charge in [-0.15, -0.1) is 0 Å². The third-order valence-electron chi connectivity index (χ3n) is 3.27. The Hall–Kier alpha value is -1.32. The third kappa shape index (κ3) is 3.58. The SMILES string of the molecule is CCn1cc(CC(NC)c2cc(C)cc(Cl)c2)cn1. The average molecular weight is 278 g/mol. The van der Waals surface area contributed by atoms with Crippen LogP contribution in [-0.2, 0) is 13.0 Å². The van der Waals surface area contributed by atoms with E-state index in [1.54, 1.807) is 0 Å². The zero-order valence-corrected chi connectivity index (χ0v) is 12.4. The first kappa shape index (κ1) is 14.1. The highest BCUT2D eigenvalue weighted by molar-refractivity contribution is 6.30. The quantitative estimate of drug-likeness (QED) is 0.908. The van der Waals surface area contributed by atoms with E-state index >= 15 is 0 Å². The molecule has 19 heavy (non-hydrogen) atoms. The first-order valence-electron chi connectivity index (χ1n) is 6.58. The largest absolute Gasteiger partial charge is 0.313 e. The van der Waals surface area contributed by atoms with Crippen molar-refractivity contribution < 1.29 is 0 Å². The monoisotopic (exact) mass is 277 g/mol. The van der Waals surface area contributed by atoms with Crippen molar-refractivity contribution in [3.05, 3.63) is 52.3 Å². The maximum atomic E-state index is 6.14. The van der Waals surface area contributed by atoms with Gasteiger partial charge in [0.2, 0.25) is 0 Å². The van der Waals surface area contributed by atoms with E-state index in [1.807, 2.05) is 30.1 Å². The number of benzene rings is 1. The van der Waals surface area contributed by atoms with Gasteiger partial charge in [-0.3, -0.25) is 4.68 Å². The Morgan fingerprint density at radius 2 is 2.16 bits per heavy atom. The topological polar surface area (TPSA) is 29.9 Å². The number of nitrogens with zero attached hydrogens (tertiary/aromatic N) is 2. The maximum Gasteiger partial charge on any atom is 0.0522 e. The number of aromatic nitrogens is 2. The number of hydrogen-bond acceptors (Lipinski definition) is 2. The zero-order valence-electron chi connectivity index (χ0n) is 11.7. The van der Waals surface area contributed by atoms with Gasteiger partial charge in [-0.1, -0.05) is 17.7 Å². The van der Waals surface area contributed by atoms with Crippen LogP contribution < -0.4 is 5.32 Å². The van der Waals surface area contributed by atoms with Crippen LogP contribution in [0.25, 0.3) is 0 Å². The summed E-state index contributed by atoms with van der Waals surface area (Å²) in [6, 6.07) is 6.44. The van der Waals surface area contributed by atoms with Crippen LogP contribution in [0.2, 0.25) is 5.02 Å². The fourth-order valence-corrected chi connectivity index (χ4v) is 2.57. The Kier molecular flexibility index (Phi) is 4.61. The van der Waals surface area contributed by atoms with Gasteiger partial charge in [-0.25, -0.2) is 0 Å². The van der Waals surface area contributed by atoms with Crippen LogP contribution in [0.3, 0.4) is 0 Å². The Morgan fingerprint density at radius 1 is 1.37 bits per heavy atom. The minimum absolute atomic E-state index is 0.256. The Morgan fingerprint density at radius 3 is 2.74 bits per heavy atom. The van der Waals surface area contributed by atoms with E-state index in [4.69, 9.17) is 11.6 Å². The summed E-state index contributed by atoms with van der Waals surface area (Å²) in [5.74, 6) is 0. The summed E-state index contributed by atoms with van der Waals surface area (Å²) < 4.78 is 1.95. The molecular formula is C15H20ClN3. The van der Waals surface area contributed by atoms with Crippen molar-refractivity contribution in [3.63, 3.8) is 0 Å². The highest BCUT2D eigenvalue weighted by atomic mass is 35.5. The summed E-state index contributed by atoms with van der Waals surface area (Å²) in [6.07, 6.45) is 4.95. The molecule has 1 aromatic heterocycles. The van der Waals surface area contributed by atoms with Crippen molar-refractivity contribution in [1.29, 1.82) is 0 Å². The highest BCUT2D eigenvalue weighted by Gasteiger charge is 2.12. The van der Waals surface area contributed by atoms with Gasteiger partial charge in [-0.05, 0) is 56.1 Å². The van der Waals surface area contributed by atoms with Gasteiger partial charge in [0.25, 0.3) is 0 Å². The molecule has 4 heteroatoms. The first-order valence-corrected chi connectivity index (χ1v) is 6.96. The molecule has 0 amide bonds. The fraction of sp³-hybridized carbons (Fsp3) is 0.400. The number of halogens is 1. The van der Waals surface area contributed by atoms with Crippen molar-refractivity contribution in [1.82, 2.24) is 15.1 Å². The number of rotatable bonds is 5. The van der Waals surface area contributed by atoms with Crippen molar-refractivity contribution in [3.8, 4) is 0 Å². The number of aryl methyl sites for hydroxylation is 2. The molecule has 1 N–H and O–H groups in total. The van der Waals surface area contributed by atoms with Gasteiger partial charge in [0.15, 0.2) is 0 Å². The summed E-state index contributed by atoms with van der Waals surface area (Å²) in [6.45, 7) is 5.06. The van der Waals surface area contributed by atoms with E-state index in [1.165, 1.54) is 16.7 Å². The summed E-state index contributed by atoms with van der Waals surface area (Å²) in [5, 5.41) is 8.46. The van der Waals surface area contributed by atoms with Crippen LogP contribution in [0.1, 0.15) is 29.7 Å². The molecule has 0 aliphatic heterocycles. The summed E-state index contributed by atoms with van der Waals surface area (Å²) in [5.41, 5.74) is 3.64. The summed E-state index contributed by atoms with van der Waals surface area (Å²) >= 11 is 6.14. The normalized spacial score (nSPS) is 12.6. The van der Waals surface area contributed by atoms with Gasteiger partial charge in [0.1, 0.15) is 0 Å². The zero-order chi connectivity index (χ0) is 13.8. The lowest BCUT2D eigenvalue weighted by atomic mass is 9.99. The predicted octanol–water partition coefficient (Wildman–Crippen LogP) is 3.37. The second kappa shape index (κ2) is 6.22. The molecule has 1 heterocycles. The van der Waals surface area contributed by atoms with Crippen molar-refractivity contribution in [2.24, 2.45) is 0 Å². The third-order valence-corrected chi connectivity index (χ3v) is 3.48. The molecule has 1 unspecified atom stereocenters. The lowest BCUT2D eigenvalue weighted by molar-refractivity contribution is 0.590. The van der Waals surface area contributed by atoms with E-state index in [-0.39, 0.29) is 6.04 Å². The van der Waals surface area contributed by atoms with Crippen LogP contribution >= 0.6 is 11.6 Å². The Labute approximate surface area is 119 Å². The van der Waals surface area contributed by atoms with E-state index in [9.17, 15) is 0 Å². The minimum atomic E-state index is 0.256. The molecule has 3 nitrogen and oxygen atoms in total. The van der Waals surface area contributed by atoms with E-state index in [0.29, 0.717) is 0 Å². The molecule has 2 aromatic rings.